The van der Waals surface area contributed by atoms with Gasteiger partial charge in [-0.25, -0.2) is 5.12 Å². The average molecular weight is 425 g/mol. The van der Waals surface area contributed by atoms with Crippen LogP contribution >= 0.6 is 0 Å². The molecule has 0 radical (unpaired) electrons. The lowest BCUT2D eigenvalue weighted by molar-refractivity contribution is -0.132. The molecular formula is C22H28N6O3. The highest BCUT2D eigenvalue weighted by molar-refractivity contribution is 5.87. The fraction of sp³-hybridized carbons (Fsp3) is 0.545. The smallest absolute Gasteiger partial charge is 0.242 e. The molecule has 1 saturated carbocycles. The lowest BCUT2D eigenvalue weighted by Crippen LogP contribution is -2.46. The maximum atomic E-state index is 12.9. The number of benzene rings is 1. The van der Waals surface area contributed by atoms with Crippen LogP contribution in [0.25, 0.3) is 0 Å². The first-order valence-corrected chi connectivity index (χ1v) is 10.8. The molecule has 2 amide bonds. The molecule has 0 aromatic heterocycles. The van der Waals surface area contributed by atoms with Gasteiger partial charge in [0.05, 0.1) is 37.6 Å². The zero-order valence-electron chi connectivity index (χ0n) is 17.8. The number of rotatable bonds is 4. The molecule has 2 fully saturated rings. The minimum Gasteiger partial charge on any atom is -0.378 e. The quantitative estimate of drug-likeness (QED) is 0.753. The monoisotopic (exact) mass is 424 g/mol. The predicted molar refractivity (Wildman–Crippen MR) is 115 cm³/mol. The Morgan fingerprint density at radius 1 is 1.26 bits per heavy atom. The maximum Gasteiger partial charge on any atom is 0.242 e. The zero-order chi connectivity index (χ0) is 21.8. The van der Waals surface area contributed by atoms with Crippen LogP contribution in [0.1, 0.15) is 49.3 Å². The second-order valence-corrected chi connectivity index (χ2v) is 8.31. The Kier molecular flexibility index (Phi) is 6.37. The molecule has 3 aliphatic rings. The van der Waals surface area contributed by atoms with Crippen LogP contribution in [0.5, 0.6) is 0 Å². The lowest BCUT2D eigenvalue weighted by atomic mass is 9.85. The summed E-state index contributed by atoms with van der Waals surface area (Å²) in [5.41, 5.74) is 6.46. The fourth-order valence-corrected chi connectivity index (χ4v) is 4.57. The van der Waals surface area contributed by atoms with E-state index < -0.39 is 0 Å². The van der Waals surface area contributed by atoms with Gasteiger partial charge in [-0.2, -0.15) is 10.4 Å². The number of hydrogen-bond donors (Lipinski definition) is 2. The first-order valence-electron chi connectivity index (χ1n) is 10.8. The van der Waals surface area contributed by atoms with Crippen LogP contribution in [0.3, 0.4) is 0 Å². The molecule has 0 spiro atoms. The van der Waals surface area contributed by atoms with E-state index in [1.54, 1.807) is 11.3 Å². The highest BCUT2D eigenvalue weighted by atomic mass is 16.5. The Bertz CT molecular complexity index is 919. The Labute approximate surface area is 182 Å². The first kappa shape index (κ1) is 21.1. The molecule has 9 heteroatoms. The van der Waals surface area contributed by atoms with E-state index in [1.165, 1.54) is 6.92 Å². The molecule has 0 unspecified atom stereocenters. The molecule has 9 nitrogen and oxygen atoms in total. The van der Waals surface area contributed by atoms with Gasteiger partial charge in [-0.1, -0.05) is 6.42 Å². The van der Waals surface area contributed by atoms with Gasteiger partial charge in [-0.3, -0.25) is 15.0 Å². The zero-order valence-corrected chi connectivity index (χ0v) is 17.8. The van der Waals surface area contributed by atoms with Gasteiger partial charge >= 0.3 is 0 Å². The van der Waals surface area contributed by atoms with Crippen molar-refractivity contribution in [3.63, 3.8) is 0 Å². The summed E-state index contributed by atoms with van der Waals surface area (Å²) in [5, 5.41) is 18.3. The Balaban J connectivity index is 1.47. The summed E-state index contributed by atoms with van der Waals surface area (Å²) in [6.07, 6.45) is 4.96. The van der Waals surface area contributed by atoms with E-state index in [0.29, 0.717) is 31.7 Å². The molecule has 2 aliphatic heterocycles. The van der Waals surface area contributed by atoms with Gasteiger partial charge in [0, 0.05) is 48.8 Å². The molecule has 2 heterocycles. The Morgan fingerprint density at radius 2 is 2.06 bits per heavy atom. The number of carbonyl (C=O) groups is 2. The summed E-state index contributed by atoms with van der Waals surface area (Å²) in [4.78, 5) is 26.5. The lowest BCUT2D eigenvalue weighted by Gasteiger charge is -2.34. The molecule has 1 aromatic carbocycles. The first-order chi connectivity index (χ1) is 15.0. The number of hydrazone groups is 1. The van der Waals surface area contributed by atoms with Crippen LogP contribution in [0.4, 0.5) is 5.69 Å². The van der Waals surface area contributed by atoms with Crippen molar-refractivity contribution in [2.45, 2.75) is 45.2 Å². The Hall–Kier alpha value is -3.12. The van der Waals surface area contributed by atoms with E-state index in [9.17, 15) is 14.9 Å². The number of nitriles is 1. The molecule has 164 valence electrons. The number of anilines is 1. The van der Waals surface area contributed by atoms with E-state index >= 15 is 0 Å². The van der Waals surface area contributed by atoms with Crippen LogP contribution in [0.15, 0.2) is 17.2 Å². The molecular weight excluding hydrogens is 396 g/mol. The van der Waals surface area contributed by atoms with Crippen molar-refractivity contribution in [3.8, 4) is 6.07 Å². The number of hydrazine groups is 1. The second kappa shape index (κ2) is 9.35. The van der Waals surface area contributed by atoms with Crippen LogP contribution in [-0.2, 0) is 20.9 Å². The summed E-state index contributed by atoms with van der Waals surface area (Å²) in [6.45, 7) is 4.76. The topological polar surface area (TPSA) is 110 Å². The maximum absolute atomic E-state index is 12.9. The van der Waals surface area contributed by atoms with E-state index in [-0.39, 0.29) is 23.8 Å². The minimum atomic E-state index is -0.151. The van der Waals surface area contributed by atoms with Gasteiger partial charge in [-0.15, -0.1) is 0 Å². The third-order valence-electron chi connectivity index (χ3n) is 6.08. The molecule has 1 aromatic rings. The van der Waals surface area contributed by atoms with Gasteiger partial charge in [0.1, 0.15) is 0 Å². The van der Waals surface area contributed by atoms with Crippen LogP contribution in [-0.4, -0.2) is 55.5 Å². The largest absolute Gasteiger partial charge is 0.378 e. The van der Waals surface area contributed by atoms with E-state index in [4.69, 9.17) is 4.74 Å². The number of ether oxygens (including phenoxy) is 1. The number of morpholine rings is 1. The van der Waals surface area contributed by atoms with Crippen LogP contribution in [0.2, 0.25) is 0 Å². The second-order valence-electron chi connectivity index (χ2n) is 8.31. The summed E-state index contributed by atoms with van der Waals surface area (Å²) in [5.74, 6) is -0.283. The van der Waals surface area contributed by atoms with Gasteiger partial charge in [0.15, 0.2) is 0 Å². The molecule has 0 bridgehead atoms. The van der Waals surface area contributed by atoms with Crippen molar-refractivity contribution < 1.29 is 14.3 Å². The average Bonchev–Trinajstić information content (AvgIpc) is 2.78. The van der Waals surface area contributed by atoms with E-state index in [1.807, 2.05) is 12.1 Å². The number of hydrogen-bond acceptors (Lipinski definition) is 7. The number of amides is 2. The van der Waals surface area contributed by atoms with Crippen molar-refractivity contribution in [2.24, 2.45) is 11.0 Å². The minimum absolute atomic E-state index is 0.0462. The summed E-state index contributed by atoms with van der Waals surface area (Å²) in [7, 11) is 0. The SMILES string of the molecule is CC(=O)N[C@@H]1CCC[C@H](C(=O)NN2Cc3c(cc(C#N)cc3N3CCOCC3)C=N2)C1. The standard InChI is InChI=1S/C22H28N6O3/c1-15(29)25-19-4-2-3-17(11-19)22(30)26-28-14-20-18(13-24-28)9-16(12-23)10-21(20)27-5-7-31-8-6-27/h9-10,13,17,19H,2-8,11,14H2,1H3,(H,25,29)(H,26,30)/t17-,19+/m0/s1. The number of carbonyl (C=O) groups excluding carboxylic acids is 2. The molecule has 1 aliphatic carbocycles. The number of fused-ring (bicyclic) bond motifs is 1. The number of nitrogens with one attached hydrogen (secondary N) is 2. The summed E-state index contributed by atoms with van der Waals surface area (Å²) in [6, 6.07) is 6.01. The van der Waals surface area contributed by atoms with E-state index in [2.05, 4.69) is 26.8 Å². The summed E-state index contributed by atoms with van der Waals surface area (Å²) >= 11 is 0. The molecule has 2 atom stereocenters. The number of nitrogens with zero attached hydrogens (tertiary/aromatic N) is 4. The Morgan fingerprint density at radius 3 is 2.81 bits per heavy atom. The van der Waals surface area contributed by atoms with Crippen molar-refractivity contribution >= 4 is 23.7 Å². The van der Waals surface area contributed by atoms with Crippen molar-refractivity contribution in [1.82, 2.24) is 15.9 Å². The highest BCUT2D eigenvalue weighted by Gasteiger charge is 2.29. The van der Waals surface area contributed by atoms with Crippen molar-refractivity contribution in [2.75, 3.05) is 31.2 Å². The summed E-state index contributed by atoms with van der Waals surface area (Å²) < 4.78 is 5.47. The van der Waals surface area contributed by atoms with Crippen LogP contribution < -0.4 is 15.6 Å². The van der Waals surface area contributed by atoms with Crippen molar-refractivity contribution in [3.05, 3.63) is 28.8 Å². The van der Waals surface area contributed by atoms with Gasteiger partial charge < -0.3 is 15.0 Å². The highest BCUT2D eigenvalue weighted by Crippen LogP contribution is 2.30. The van der Waals surface area contributed by atoms with Gasteiger partial charge in [-0.05, 0) is 31.4 Å². The van der Waals surface area contributed by atoms with Gasteiger partial charge in [0.2, 0.25) is 11.8 Å². The predicted octanol–water partition coefficient (Wildman–Crippen LogP) is 1.27. The van der Waals surface area contributed by atoms with Crippen LogP contribution in [0, 0.1) is 17.2 Å². The molecule has 1 saturated heterocycles. The molecule has 2 N–H and O–H groups in total. The fourth-order valence-electron chi connectivity index (χ4n) is 4.57. The normalized spacial score (nSPS) is 23.0. The molecule has 31 heavy (non-hydrogen) atoms. The molecule has 4 rings (SSSR count). The van der Waals surface area contributed by atoms with E-state index in [0.717, 1.165) is 49.2 Å². The van der Waals surface area contributed by atoms with Gasteiger partial charge in [0.25, 0.3) is 0 Å². The third-order valence-corrected chi connectivity index (χ3v) is 6.08. The third kappa shape index (κ3) is 4.97. The van der Waals surface area contributed by atoms with Crippen molar-refractivity contribution in [1.29, 1.82) is 5.26 Å².